The highest BCUT2D eigenvalue weighted by Crippen LogP contribution is 2.31. The molecule has 1 aliphatic rings. The van der Waals surface area contributed by atoms with Crippen molar-refractivity contribution in [2.45, 2.75) is 24.5 Å². The van der Waals surface area contributed by atoms with E-state index in [9.17, 15) is 10.2 Å². The van der Waals surface area contributed by atoms with Crippen molar-refractivity contribution in [3.8, 4) is 12.3 Å². The molecule has 1 aliphatic heterocycles. The van der Waals surface area contributed by atoms with Crippen LogP contribution >= 0.6 is 0 Å². The fourth-order valence-electron chi connectivity index (χ4n) is 2.41. The number of ether oxygens (including phenoxy) is 1. The standard InChI is InChI=1S/C13H15N5O4/c1-2-3-14-11-8-12(16-5-15-11)18(6-17-8)13-10(21)9(20)7(4-19)22-13/h1,5-7,9-10,13,19-21H,3-4H2,(H,14,15,16)/t7-,9+,10-,13+/m0/s1. The van der Waals surface area contributed by atoms with E-state index in [1.165, 1.54) is 17.2 Å². The SMILES string of the molecule is C#CCNc1ncnc2c1ncn2[C@@H]1O[C@@H](CO)[C@@H](O)[C@@H]1O. The molecule has 1 saturated heterocycles. The highest BCUT2D eigenvalue weighted by atomic mass is 16.6. The van der Waals surface area contributed by atoms with Gasteiger partial charge in [0.1, 0.15) is 24.6 Å². The summed E-state index contributed by atoms with van der Waals surface area (Å²) >= 11 is 0. The highest BCUT2D eigenvalue weighted by molar-refractivity contribution is 5.82. The Morgan fingerprint density at radius 3 is 2.82 bits per heavy atom. The summed E-state index contributed by atoms with van der Waals surface area (Å²) in [5.74, 6) is 2.90. The van der Waals surface area contributed by atoms with Gasteiger partial charge in [0.05, 0.1) is 19.5 Å². The van der Waals surface area contributed by atoms with Crippen LogP contribution in [0.3, 0.4) is 0 Å². The minimum absolute atomic E-state index is 0.285. The van der Waals surface area contributed by atoms with Gasteiger partial charge in [-0.05, 0) is 0 Å². The molecule has 0 radical (unpaired) electrons. The molecule has 3 rings (SSSR count). The summed E-state index contributed by atoms with van der Waals surface area (Å²) in [4.78, 5) is 12.4. The van der Waals surface area contributed by atoms with Gasteiger partial charge in [-0.25, -0.2) is 15.0 Å². The number of aliphatic hydroxyl groups excluding tert-OH is 3. The molecule has 0 saturated carbocycles. The predicted molar refractivity (Wildman–Crippen MR) is 75.7 cm³/mol. The Labute approximate surface area is 125 Å². The number of imidazole rings is 1. The molecule has 0 amide bonds. The van der Waals surface area contributed by atoms with Crippen LogP contribution in [0, 0.1) is 12.3 Å². The van der Waals surface area contributed by atoms with E-state index in [2.05, 4.69) is 26.2 Å². The number of nitrogens with one attached hydrogen (secondary N) is 1. The van der Waals surface area contributed by atoms with Crippen molar-refractivity contribution in [3.63, 3.8) is 0 Å². The Balaban J connectivity index is 1.97. The zero-order chi connectivity index (χ0) is 15.7. The highest BCUT2D eigenvalue weighted by Gasteiger charge is 2.43. The van der Waals surface area contributed by atoms with Gasteiger partial charge in [-0.2, -0.15) is 0 Å². The molecule has 0 bridgehead atoms. The molecule has 4 N–H and O–H groups in total. The Bertz CT molecular complexity index is 712. The lowest BCUT2D eigenvalue weighted by atomic mass is 10.1. The lowest BCUT2D eigenvalue weighted by molar-refractivity contribution is -0.0511. The second-order valence-corrected chi connectivity index (χ2v) is 4.83. The molecule has 116 valence electrons. The van der Waals surface area contributed by atoms with E-state index in [1.54, 1.807) is 0 Å². The van der Waals surface area contributed by atoms with Gasteiger partial charge in [-0.1, -0.05) is 5.92 Å². The number of aliphatic hydroxyl groups is 3. The monoisotopic (exact) mass is 305 g/mol. The summed E-state index contributed by atoms with van der Waals surface area (Å²) in [6.45, 7) is -0.113. The molecule has 0 aliphatic carbocycles. The number of terminal acetylenes is 1. The van der Waals surface area contributed by atoms with Crippen LogP contribution in [0.25, 0.3) is 11.2 Å². The molecule has 9 nitrogen and oxygen atoms in total. The molecule has 9 heteroatoms. The second-order valence-electron chi connectivity index (χ2n) is 4.83. The molecular weight excluding hydrogens is 290 g/mol. The van der Waals surface area contributed by atoms with Gasteiger partial charge in [0.25, 0.3) is 0 Å². The van der Waals surface area contributed by atoms with E-state index in [4.69, 9.17) is 16.3 Å². The molecule has 22 heavy (non-hydrogen) atoms. The van der Waals surface area contributed by atoms with Crippen LogP contribution in [0.4, 0.5) is 5.82 Å². The predicted octanol–water partition coefficient (Wildman–Crippen LogP) is -1.52. The quantitative estimate of drug-likeness (QED) is 0.502. The van der Waals surface area contributed by atoms with Gasteiger partial charge >= 0.3 is 0 Å². The minimum atomic E-state index is -1.20. The number of rotatable bonds is 4. The molecule has 2 aromatic heterocycles. The van der Waals surface area contributed by atoms with Crippen LogP contribution in [0.15, 0.2) is 12.7 Å². The number of hydrogen-bond donors (Lipinski definition) is 4. The maximum absolute atomic E-state index is 10.1. The van der Waals surface area contributed by atoms with Crippen molar-refractivity contribution in [3.05, 3.63) is 12.7 Å². The first-order valence-corrected chi connectivity index (χ1v) is 6.64. The Hall–Kier alpha value is -2.25. The number of hydrogen-bond acceptors (Lipinski definition) is 8. The molecule has 1 fully saturated rings. The second kappa shape index (κ2) is 5.86. The van der Waals surface area contributed by atoms with Gasteiger partial charge < -0.3 is 25.4 Å². The van der Waals surface area contributed by atoms with Crippen LogP contribution in [-0.2, 0) is 4.74 Å². The summed E-state index contributed by atoms with van der Waals surface area (Å²) < 4.78 is 6.96. The van der Waals surface area contributed by atoms with Crippen molar-refractivity contribution in [1.29, 1.82) is 0 Å². The normalized spacial score (nSPS) is 27.9. The molecule has 3 heterocycles. The van der Waals surface area contributed by atoms with E-state index in [0.29, 0.717) is 17.0 Å². The number of anilines is 1. The number of fused-ring (bicyclic) bond motifs is 1. The first-order chi connectivity index (χ1) is 10.7. The molecule has 0 unspecified atom stereocenters. The van der Waals surface area contributed by atoms with E-state index in [-0.39, 0.29) is 6.54 Å². The summed E-state index contributed by atoms with van der Waals surface area (Å²) in [7, 11) is 0. The maximum Gasteiger partial charge on any atom is 0.167 e. The van der Waals surface area contributed by atoms with Crippen molar-refractivity contribution < 1.29 is 20.1 Å². The Morgan fingerprint density at radius 2 is 2.14 bits per heavy atom. The van der Waals surface area contributed by atoms with Crippen LogP contribution in [0.2, 0.25) is 0 Å². The Morgan fingerprint density at radius 1 is 1.32 bits per heavy atom. The van der Waals surface area contributed by atoms with Crippen molar-refractivity contribution in [2.24, 2.45) is 0 Å². The van der Waals surface area contributed by atoms with E-state index in [0.717, 1.165) is 0 Å². The van der Waals surface area contributed by atoms with Crippen LogP contribution < -0.4 is 5.32 Å². The summed E-state index contributed by atoms with van der Waals surface area (Å²) in [6, 6.07) is 0. The van der Waals surface area contributed by atoms with Crippen LogP contribution in [-0.4, -0.2) is 66.3 Å². The largest absolute Gasteiger partial charge is 0.394 e. The number of nitrogens with zero attached hydrogens (tertiary/aromatic N) is 4. The van der Waals surface area contributed by atoms with Gasteiger partial charge in [0, 0.05) is 0 Å². The molecule has 2 aromatic rings. The van der Waals surface area contributed by atoms with Gasteiger partial charge in [-0.15, -0.1) is 6.42 Å². The average Bonchev–Trinajstić information content (AvgIpc) is 3.08. The van der Waals surface area contributed by atoms with E-state index >= 15 is 0 Å². The smallest absolute Gasteiger partial charge is 0.167 e. The van der Waals surface area contributed by atoms with Crippen LogP contribution in [0.5, 0.6) is 0 Å². The summed E-state index contributed by atoms with van der Waals surface area (Å²) in [6.07, 6.45) is 3.82. The topological polar surface area (TPSA) is 126 Å². The fraction of sp³-hybridized carbons (Fsp3) is 0.462. The third-order valence-electron chi connectivity index (χ3n) is 3.51. The minimum Gasteiger partial charge on any atom is -0.394 e. The first-order valence-electron chi connectivity index (χ1n) is 6.64. The molecule has 4 atom stereocenters. The van der Waals surface area contributed by atoms with Gasteiger partial charge in [0.2, 0.25) is 0 Å². The van der Waals surface area contributed by atoms with E-state index in [1.807, 2.05) is 0 Å². The van der Waals surface area contributed by atoms with Crippen molar-refractivity contribution in [2.75, 3.05) is 18.5 Å². The molecule has 0 spiro atoms. The van der Waals surface area contributed by atoms with Crippen LogP contribution in [0.1, 0.15) is 6.23 Å². The third-order valence-corrected chi connectivity index (χ3v) is 3.51. The lowest BCUT2D eigenvalue weighted by Crippen LogP contribution is -2.33. The zero-order valence-corrected chi connectivity index (χ0v) is 11.5. The van der Waals surface area contributed by atoms with Gasteiger partial charge in [-0.3, -0.25) is 4.57 Å². The van der Waals surface area contributed by atoms with Crippen molar-refractivity contribution in [1.82, 2.24) is 19.5 Å². The maximum atomic E-state index is 10.1. The summed E-state index contributed by atoms with van der Waals surface area (Å²) in [5.41, 5.74) is 0.889. The molecule has 0 aromatic carbocycles. The summed E-state index contributed by atoms with van der Waals surface area (Å²) in [5, 5.41) is 32.0. The molecular formula is C13H15N5O4. The van der Waals surface area contributed by atoms with E-state index < -0.39 is 31.1 Å². The van der Waals surface area contributed by atoms with Crippen molar-refractivity contribution >= 4 is 17.0 Å². The van der Waals surface area contributed by atoms with Gasteiger partial charge in [0.15, 0.2) is 23.2 Å². The third kappa shape index (κ3) is 2.28. The Kier molecular flexibility index (Phi) is 3.91. The number of aromatic nitrogens is 4. The fourth-order valence-corrected chi connectivity index (χ4v) is 2.41. The average molecular weight is 305 g/mol. The zero-order valence-electron chi connectivity index (χ0n) is 11.5. The lowest BCUT2D eigenvalue weighted by Gasteiger charge is -2.16. The first kappa shape index (κ1) is 14.7.